The van der Waals surface area contributed by atoms with Crippen molar-refractivity contribution < 1.29 is 14.6 Å². The van der Waals surface area contributed by atoms with E-state index in [0.29, 0.717) is 25.2 Å². The van der Waals surface area contributed by atoms with Crippen molar-refractivity contribution in [3.8, 4) is 17.6 Å². The minimum absolute atomic E-state index is 0.0894. The summed E-state index contributed by atoms with van der Waals surface area (Å²) in [6.45, 7) is 0. The van der Waals surface area contributed by atoms with Crippen molar-refractivity contribution in [1.29, 1.82) is 5.26 Å². The van der Waals surface area contributed by atoms with Crippen LogP contribution in [0.25, 0.3) is 6.08 Å². The number of hydrogen-bond acceptors (Lipinski definition) is 4. The standard InChI is InChI=1S/C17H11Br2ClN2O3/c1-25-13-6-9(14(18)15(19)16(13)23)5-10(8-21)17(24)22-12-4-2-3-11(20)7-12/h2-7,23H,1H3,(H,22,24)/b10-5+. The summed E-state index contributed by atoms with van der Waals surface area (Å²) >= 11 is 12.4. The molecule has 128 valence electrons. The highest BCUT2D eigenvalue weighted by atomic mass is 79.9. The predicted octanol–water partition coefficient (Wildman–Crippen LogP) is 5.12. The van der Waals surface area contributed by atoms with Crippen LogP contribution in [-0.2, 0) is 4.79 Å². The molecule has 2 aromatic carbocycles. The number of methoxy groups -OCH3 is 1. The summed E-state index contributed by atoms with van der Waals surface area (Å²) in [5.41, 5.74) is 0.835. The molecule has 0 aliphatic carbocycles. The lowest BCUT2D eigenvalue weighted by atomic mass is 10.1. The average molecular weight is 487 g/mol. The van der Waals surface area contributed by atoms with Crippen LogP contribution < -0.4 is 10.1 Å². The Labute approximate surface area is 166 Å². The summed E-state index contributed by atoms with van der Waals surface area (Å²) < 4.78 is 5.91. The fraction of sp³-hybridized carbons (Fsp3) is 0.0588. The minimum Gasteiger partial charge on any atom is -0.503 e. The molecule has 0 heterocycles. The van der Waals surface area contributed by atoms with E-state index in [9.17, 15) is 15.2 Å². The Hall–Kier alpha value is -2.01. The maximum atomic E-state index is 12.3. The molecule has 2 rings (SSSR count). The fourth-order valence-corrected chi connectivity index (χ4v) is 2.97. The number of anilines is 1. The number of nitriles is 1. The molecule has 2 N–H and O–H groups in total. The monoisotopic (exact) mass is 484 g/mol. The van der Waals surface area contributed by atoms with Crippen LogP contribution in [0, 0.1) is 11.3 Å². The van der Waals surface area contributed by atoms with E-state index in [2.05, 4.69) is 37.2 Å². The van der Waals surface area contributed by atoms with Gasteiger partial charge in [-0.3, -0.25) is 4.79 Å². The molecule has 0 spiro atoms. The molecule has 0 aliphatic rings. The summed E-state index contributed by atoms with van der Waals surface area (Å²) in [5, 5.41) is 22.3. The molecular weight excluding hydrogens is 475 g/mol. The number of aromatic hydroxyl groups is 1. The van der Waals surface area contributed by atoms with Gasteiger partial charge < -0.3 is 15.2 Å². The van der Waals surface area contributed by atoms with E-state index in [4.69, 9.17) is 16.3 Å². The minimum atomic E-state index is -0.583. The summed E-state index contributed by atoms with van der Waals surface area (Å²) in [4.78, 5) is 12.3. The van der Waals surface area contributed by atoms with Crippen LogP contribution >= 0.6 is 43.5 Å². The van der Waals surface area contributed by atoms with Gasteiger partial charge in [-0.2, -0.15) is 5.26 Å². The third-order valence-corrected chi connectivity index (χ3v) is 5.53. The Kier molecular flexibility index (Phi) is 6.48. The lowest BCUT2D eigenvalue weighted by molar-refractivity contribution is -0.112. The summed E-state index contributed by atoms with van der Waals surface area (Å²) in [7, 11) is 1.40. The van der Waals surface area contributed by atoms with E-state index >= 15 is 0 Å². The van der Waals surface area contributed by atoms with Gasteiger partial charge in [0.25, 0.3) is 5.91 Å². The van der Waals surface area contributed by atoms with Gasteiger partial charge in [0, 0.05) is 15.2 Å². The second-order valence-electron chi connectivity index (χ2n) is 4.78. The second kappa shape index (κ2) is 8.39. The largest absolute Gasteiger partial charge is 0.503 e. The zero-order valence-corrected chi connectivity index (χ0v) is 16.7. The van der Waals surface area contributed by atoms with Gasteiger partial charge in [0.1, 0.15) is 11.6 Å². The first-order chi connectivity index (χ1) is 11.9. The van der Waals surface area contributed by atoms with Gasteiger partial charge in [0.05, 0.1) is 11.6 Å². The van der Waals surface area contributed by atoms with Crippen molar-refractivity contribution in [2.75, 3.05) is 12.4 Å². The van der Waals surface area contributed by atoms with E-state index in [1.165, 1.54) is 19.3 Å². The molecule has 0 aromatic heterocycles. The number of amides is 1. The van der Waals surface area contributed by atoms with Crippen molar-refractivity contribution >= 4 is 61.1 Å². The zero-order chi connectivity index (χ0) is 18.6. The van der Waals surface area contributed by atoms with Crippen LogP contribution in [0.5, 0.6) is 11.5 Å². The van der Waals surface area contributed by atoms with Gasteiger partial charge in [-0.05, 0) is 67.8 Å². The molecule has 0 atom stereocenters. The molecule has 0 saturated heterocycles. The van der Waals surface area contributed by atoms with Crippen LogP contribution in [0.4, 0.5) is 5.69 Å². The molecule has 8 heteroatoms. The first-order valence-electron chi connectivity index (χ1n) is 6.81. The lowest BCUT2D eigenvalue weighted by Gasteiger charge is -2.10. The van der Waals surface area contributed by atoms with Crippen molar-refractivity contribution in [2.45, 2.75) is 0 Å². The molecule has 0 fully saturated rings. The normalized spacial score (nSPS) is 10.9. The van der Waals surface area contributed by atoms with Crippen molar-refractivity contribution in [3.63, 3.8) is 0 Å². The maximum Gasteiger partial charge on any atom is 0.266 e. The third-order valence-electron chi connectivity index (χ3n) is 3.14. The zero-order valence-electron chi connectivity index (χ0n) is 12.8. The maximum absolute atomic E-state index is 12.3. The van der Waals surface area contributed by atoms with Crippen LogP contribution in [0.1, 0.15) is 5.56 Å². The Bertz CT molecular complexity index is 907. The first-order valence-corrected chi connectivity index (χ1v) is 8.77. The number of hydrogen-bond donors (Lipinski definition) is 2. The van der Waals surface area contributed by atoms with Gasteiger partial charge in [-0.25, -0.2) is 0 Å². The van der Waals surface area contributed by atoms with E-state index in [0.717, 1.165) is 0 Å². The average Bonchev–Trinajstić information content (AvgIpc) is 2.59. The molecule has 0 aliphatic heterocycles. The van der Waals surface area contributed by atoms with Crippen LogP contribution in [0.15, 0.2) is 44.9 Å². The molecule has 0 radical (unpaired) electrons. The number of carbonyl (C=O) groups excluding carboxylic acids is 1. The quantitative estimate of drug-likeness (QED) is 0.464. The topological polar surface area (TPSA) is 82.3 Å². The van der Waals surface area contributed by atoms with E-state index in [-0.39, 0.29) is 17.1 Å². The van der Waals surface area contributed by atoms with Crippen molar-refractivity contribution in [1.82, 2.24) is 0 Å². The SMILES string of the molecule is COc1cc(/C=C(\C#N)C(=O)Nc2cccc(Cl)c2)c(Br)c(Br)c1O. The number of halogens is 3. The third kappa shape index (κ3) is 4.54. The fourth-order valence-electron chi connectivity index (χ4n) is 1.94. The predicted molar refractivity (Wildman–Crippen MR) is 104 cm³/mol. The van der Waals surface area contributed by atoms with Gasteiger partial charge >= 0.3 is 0 Å². The van der Waals surface area contributed by atoms with Gasteiger partial charge in [-0.1, -0.05) is 17.7 Å². The Morgan fingerprint density at radius 3 is 2.68 bits per heavy atom. The number of phenols is 1. The van der Waals surface area contributed by atoms with Gasteiger partial charge in [0.15, 0.2) is 11.5 Å². The number of carbonyl (C=O) groups is 1. The van der Waals surface area contributed by atoms with E-state index in [1.807, 2.05) is 6.07 Å². The van der Waals surface area contributed by atoms with Crippen LogP contribution in [0.3, 0.4) is 0 Å². The Morgan fingerprint density at radius 1 is 1.36 bits per heavy atom. The number of ether oxygens (including phenoxy) is 1. The van der Waals surface area contributed by atoms with E-state index < -0.39 is 5.91 Å². The number of phenolic OH excluding ortho intramolecular Hbond substituents is 1. The summed E-state index contributed by atoms with van der Waals surface area (Å²) in [6, 6.07) is 9.97. The van der Waals surface area contributed by atoms with Crippen molar-refractivity contribution in [2.24, 2.45) is 0 Å². The molecule has 5 nitrogen and oxygen atoms in total. The number of rotatable bonds is 4. The molecular formula is C17H11Br2ClN2O3. The highest BCUT2D eigenvalue weighted by Crippen LogP contribution is 2.42. The number of nitrogens with one attached hydrogen (secondary N) is 1. The van der Waals surface area contributed by atoms with Gasteiger partial charge in [-0.15, -0.1) is 0 Å². The van der Waals surface area contributed by atoms with E-state index in [1.54, 1.807) is 24.3 Å². The molecule has 0 saturated carbocycles. The number of benzene rings is 2. The highest BCUT2D eigenvalue weighted by Gasteiger charge is 2.16. The molecule has 0 unspecified atom stereocenters. The second-order valence-corrected chi connectivity index (χ2v) is 6.80. The van der Waals surface area contributed by atoms with Crippen LogP contribution in [-0.4, -0.2) is 18.1 Å². The molecule has 2 aromatic rings. The highest BCUT2D eigenvalue weighted by molar-refractivity contribution is 9.13. The van der Waals surface area contributed by atoms with Crippen LogP contribution in [0.2, 0.25) is 5.02 Å². The summed E-state index contributed by atoms with van der Waals surface area (Å²) in [5.74, 6) is -0.470. The molecule has 0 bridgehead atoms. The first kappa shape index (κ1) is 19.3. The Morgan fingerprint density at radius 2 is 2.08 bits per heavy atom. The van der Waals surface area contributed by atoms with Gasteiger partial charge in [0.2, 0.25) is 0 Å². The molecule has 1 amide bonds. The number of nitrogens with zero attached hydrogens (tertiary/aromatic N) is 1. The molecule has 25 heavy (non-hydrogen) atoms. The lowest BCUT2D eigenvalue weighted by Crippen LogP contribution is -2.13. The van der Waals surface area contributed by atoms with Crippen molar-refractivity contribution in [3.05, 3.63) is 55.4 Å². The summed E-state index contributed by atoms with van der Waals surface area (Å²) in [6.07, 6.45) is 1.39. The Balaban J connectivity index is 2.39. The smallest absolute Gasteiger partial charge is 0.266 e.